The average Bonchev–Trinajstić information content (AvgIpc) is 2.88. The number of nitrogens with zero attached hydrogens (tertiary/aromatic N) is 1. The van der Waals surface area contributed by atoms with Gasteiger partial charge in [-0.1, -0.05) is 35.3 Å². The Morgan fingerprint density at radius 1 is 0.949 bits per heavy atom. The van der Waals surface area contributed by atoms with E-state index >= 15 is 0 Å². The van der Waals surface area contributed by atoms with E-state index in [0.717, 1.165) is 0 Å². The van der Waals surface area contributed by atoms with Crippen LogP contribution in [0.3, 0.4) is 0 Å². The number of carbonyl (C=O) groups is 3. The molecule has 0 bridgehead atoms. The zero-order valence-corrected chi connectivity index (χ0v) is 23.8. The van der Waals surface area contributed by atoms with Gasteiger partial charge in [0, 0.05) is 15.7 Å². The summed E-state index contributed by atoms with van der Waals surface area (Å²) in [6, 6.07) is 14.6. The highest BCUT2D eigenvalue weighted by Crippen LogP contribution is 2.36. The van der Waals surface area contributed by atoms with Crippen molar-refractivity contribution in [2.24, 2.45) is 5.10 Å². The van der Waals surface area contributed by atoms with Crippen molar-refractivity contribution in [3.63, 3.8) is 0 Å². The Balaban J connectivity index is 1.59. The number of benzene rings is 3. The molecule has 3 aromatic rings. The lowest BCUT2D eigenvalue weighted by molar-refractivity contribution is -0.136. The normalized spacial score (nSPS) is 10.6. The summed E-state index contributed by atoms with van der Waals surface area (Å²) < 4.78 is 16.9. The van der Waals surface area contributed by atoms with Crippen LogP contribution < -0.4 is 30.3 Å². The van der Waals surface area contributed by atoms with Gasteiger partial charge in [-0.25, -0.2) is 5.43 Å². The van der Waals surface area contributed by atoms with Crippen LogP contribution in [0, 0.1) is 0 Å². The van der Waals surface area contributed by atoms with E-state index in [2.05, 4.69) is 37.1 Å². The standard InChI is InChI=1S/C26H23BrCl2N4O6/c1-3-38-21-7-5-4-6-20(21)32-25(35)26(36)33-30-13-15-8-19(27)24(22(9-15)37-2)39-14-23(34)31-18-11-16(28)10-17(29)12-18/h4-13H,3,14H2,1-2H3,(H,31,34)(H,32,35)(H,33,36)/b30-13-. The minimum Gasteiger partial charge on any atom is -0.493 e. The Morgan fingerprint density at radius 3 is 2.36 bits per heavy atom. The number of para-hydroxylation sites is 2. The number of hydrazone groups is 1. The second-order valence-electron chi connectivity index (χ2n) is 7.61. The SMILES string of the molecule is CCOc1ccccc1NC(=O)C(=O)N/N=C\c1cc(Br)c(OCC(=O)Nc2cc(Cl)cc(Cl)c2)c(OC)c1. The number of ether oxygens (including phenoxy) is 3. The Bertz CT molecular complexity index is 1380. The first-order chi connectivity index (χ1) is 18.7. The number of hydrogen-bond donors (Lipinski definition) is 3. The largest absolute Gasteiger partial charge is 0.493 e. The van der Waals surface area contributed by atoms with Crippen molar-refractivity contribution in [1.29, 1.82) is 0 Å². The summed E-state index contributed by atoms with van der Waals surface area (Å²) in [6.07, 6.45) is 1.31. The third-order valence-corrected chi connectivity index (χ3v) is 5.79. The second-order valence-corrected chi connectivity index (χ2v) is 9.34. The van der Waals surface area contributed by atoms with E-state index in [-0.39, 0.29) is 12.4 Å². The summed E-state index contributed by atoms with van der Waals surface area (Å²) in [6.45, 7) is 1.88. The van der Waals surface area contributed by atoms with E-state index in [1.54, 1.807) is 54.6 Å². The van der Waals surface area contributed by atoms with Crippen molar-refractivity contribution >= 4 is 74.4 Å². The molecule has 0 fully saturated rings. The van der Waals surface area contributed by atoms with Gasteiger partial charge in [-0.15, -0.1) is 0 Å². The van der Waals surface area contributed by atoms with Crippen LogP contribution in [-0.2, 0) is 14.4 Å². The third kappa shape index (κ3) is 8.88. The summed E-state index contributed by atoms with van der Waals surface area (Å²) in [5.41, 5.74) is 3.45. The molecule has 0 atom stereocenters. The number of halogens is 3. The molecule has 0 radical (unpaired) electrons. The molecule has 10 nitrogen and oxygen atoms in total. The molecule has 0 aliphatic carbocycles. The van der Waals surface area contributed by atoms with Crippen molar-refractivity contribution < 1.29 is 28.6 Å². The zero-order chi connectivity index (χ0) is 28.4. The first-order valence-corrected chi connectivity index (χ1v) is 12.9. The lowest BCUT2D eigenvalue weighted by Crippen LogP contribution is -2.32. The molecule has 13 heteroatoms. The molecule has 3 rings (SSSR count). The maximum Gasteiger partial charge on any atom is 0.329 e. The maximum atomic E-state index is 12.3. The van der Waals surface area contributed by atoms with Crippen molar-refractivity contribution in [3.8, 4) is 17.2 Å². The fourth-order valence-corrected chi connectivity index (χ4v) is 4.26. The van der Waals surface area contributed by atoms with E-state index in [4.69, 9.17) is 37.4 Å². The van der Waals surface area contributed by atoms with Crippen LogP contribution in [0.15, 0.2) is 64.2 Å². The van der Waals surface area contributed by atoms with Gasteiger partial charge in [0.15, 0.2) is 18.1 Å². The van der Waals surface area contributed by atoms with Crippen LogP contribution in [0.2, 0.25) is 10.0 Å². The third-order valence-electron chi connectivity index (χ3n) is 4.77. The summed E-state index contributed by atoms with van der Waals surface area (Å²) in [5.74, 6) is -1.34. The number of anilines is 2. The van der Waals surface area contributed by atoms with Gasteiger partial charge in [-0.2, -0.15) is 5.10 Å². The van der Waals surface area contributed by atoms with Gasteiger partial charge >= 0.3 is 11.8 Å². The van der Waals surface area contributed by atoms with E-state index in [1.807, 2.05) is 6.92 Å². The highest BCUT2D eigenvalue weighted by Gasteiger charge is 2.16. The molecular formula is C26H23BrCl2N4O6. The van der Waals surface area contributed by atoms with Crippen molar-refractivity contribution in [2.45, 2.75) is 6.92 Å². The molecule has 0 unspecified atom stereocenters. The van der Waals surface area contributed by atoms with Crippen LogP contribution in [0.25, 0.3) is 0 Å². The molecule has 0 aliphatic heterocycles. The minimum atomic E-state index is -0.976. The average molecular weight is 638 g/mol. The fourth-order valence-electron chi connectivity index (χ4n) is 3.16. The van der Waals surface area contributed by atoms with Crippen LogP contribution in [0.1, 0.15) is 12.5 Å². The molecule has 39 heavy (non-hydrogen) atoms. The number of hydrogen-bond acceptors (Lipinski definition) is 7. The highest BCUT2D eigenvalue weighted by atomic mass is 79.9. The van der Waals surface area contributed by atoms with Crippen molar-refractivity contribution in [1.82, 2.24) is 5.43 Å². The van der Waals surface area contributed by atoms with Gasteiger partial charge in [0.1, 0.15) is 5.75 Å². The Labute approximate surface area is 242 Å². The molecule has 3 amide bonds. The topological polar surface area (TPSA) is 127 Å². The Kier molecular flexibility index (Phi) is 11.0. The van der Waals surface area contributed by atoms with Crippen LogP contribution in [0.5, 0.6) is 17.2 Å². The van der Waals surface area contributed by atoms with Gasteiger partial charge < -0.3 is 24.8 Å². The fraction of sp³-hybridized carbons (Fsp3) is 0.154. The second kappa shape index (κ2) is 14.4. The lowest BCUT2D eigenvalue weighted by Gasteiger charge is -2.13. The quantitative estimate of drug-likeness (QED) is 0.158. The van der Waals surface area contributed by atoms with Gasteiger partial charge in [-0.05, 0) is 70.9 Å². The molecule has 0 saturated carbocycles. The maximum absolute atomic E-state index is 12.3. The molecule has 0 heterocycles. The van der Waals surface area contributed by atoms with E-state index in [0.29, 0.717) is 49.6 Å². The molecule has 0 saturated heterocycles. The Hall–Kier alpha value is -3.80. The molecule has 3 N–H and O–H groups in total. The summed E-state index contributed by atoms with van der Waals surface area (Å²) in [7, 11) is 1.43. The van der Waals surface area contributed by atoms with Gasteiger partial charge in [0.05, 0.1) is 30.1 Å². The molecule has 3 aromatic carbocycles. The van der Waals surface area contributed by atoms with Crippen LogP contribution in [0.4, 0.5) is 11.4 Å². The Morgan fingerprint density at radius 2 is 1.67 bits per heavy atom. The number of carbonyl (C=O) groups excluding carboxylic acids is 3. The predicted octanol–water partition coefficient (Wildman–Crippen LogP) is 5.27. The van der Waals surface area contributed by atoms with E-state index in [9.17, 15) is 14.4 Å². The molecule has 204 valence electrons. The minimum absolute atomic E-state index is 0.269. The van der Waals surface area contributed by atoms with E-state index in [1.165, 1.54) is 13.3 Å². The highest BCUT2D eigenvalue weighted by molar-refractivity contribution is 9.10. The predicted molar refractivity (Wildman–Crippen MR) is 153 cm³/mol. The number of nitrogens with one attached hydrogen (secondary N) is 3. The van der Waals surface area contributed by atoms with Crippen molar-refractivity contribution in [3.05, 3.63) is 74.7 Å². The van der Waals surface area contributed by atoms with Crippen molar-refractivity contribution in [2.75, 3.05) is 31.0 Å². The zero-order valence-electron chi connectivity index (χ0n) is 20.7. The van der Waals surface area contributed by atoms with Gasteiger partial charge in [0.25, 0.3) is 5.91 Å². The van der Waals surface area contributed by atoms with Gasteiger partial charge in [-0.3, -0.25) is 14.4 Å². The number of methoxy groups -OCH3 is 1. The monoisotopic (exact) mass is 636 g/mol. The first kappa shape index (κ1) is 29.8. The smallest absolute Gasteiger partial charge is 0.329 e. The molecule has 0 aliphatic rings. The number of amides is 3. The van der Waals surface area contributed by atoms with Gasteiger partial charge in [0.2, 0.25) is 0 Å². The van der Waals surface area contributed by atoms with Crippen LogP contribution in [-0.4, -0.2) is 44.3 Å². The van der Waals surface area contributed by atoms with E-state index < -0.39 is 17.7 Å². The molecule has 0 spiro atoms. The molecule has 0 aromatic heterocycles. The summed E-state index contributed by atoms with van der Waals surface area (Å²) in [5, 5.41) is 9.71. The summed E-state index contributed by atoms with van der Waals surface area (Å²) in [4.78, 5) is 36.8. The summed E-state index contributed by atoms with van der Waals surface area (Å²) >= 11 is 15.3. The number of rotatable bonds is 10. The molecular weight excluding hydrogens is 615 g/mol. The van der Waals surface area contributed by atoms with Crippen LogP contribution >= 0.6 is 39.1 Å². The first-order valence-electron chi connectivity index (χ1n) is 11.3. The lowest BCUT2D eigenvalue weighted by atomic mass is 10.2.